The summed E-state index contributed by atoms with van der Waals surface area (Å²) in [5, 5.41) is -5.71. The smallest absolute Gasteiger partial charge is 0.460 e. The summed E-state index contributed by atoms with van der Waals surface area (Å²) in [6.07, 6.45) is 0.00204. The van der Waals surface area contributed by atoms with Crippen LogP contribution in [0.1, 0.15) is 19.8 Å². The van der Waals surface area contributed by atoms with Crippen molar-refractivity contribution in [2.24, 2.45) is 17.3 Å². The third-order valence-electron chi connectivity index (χ3n) is 5.13. The molecule has 23 heavy (non-hydrogen) atoms. The van der Waals surface area contributed by atoms with Gasteiger partial charge in [-0.3, -0.25) is 8.74 Å². The maximum absolute atomic E-state index is 13.2. The lowest BCUT2D eigenvalue weighted by molar-refractivity contribution is -0.165. The Kier molecular flexibility index (Phi) is 3.41. The summed E-state index contributed by atoms with van der Waals surface area (Å²) in [6.45, 7) is 1.15. The molecule has 12 heteroatoms. The zero-order valence-electron chi connectivity index (χ0n) is 11.8. The van der Waals surface area contributed by atoms with Crippen molar-refractivity contribution in [1.82, 2.24) is 0 Å². The third kappa shape index (κ3) is 2.29. The van der Waals surface area contributed by atoms with Crippen LogP contribution in [0.2, 0.25) is 0 Å². The monoisotopic (exact) mass is 376 g/mol. The summed E-state index contributed by atoms with van der Waals surface area (Å²) in [5.41, 5.74) is -0.558. The normalized spacial score (nSPS) is 41.2. The zero-order valence-corrected chi connectivity index (χ0v) is 13.4. The summed E-state index contributed by atoms with van der Waals surface area (Å²) in [7, 11) is -9.65. The van der Waals surface area contributed by atoms with Gasteiger partial charge in [-0.15, -0.1) is 0 Å². The second kappa shape index (κ2) is 4.61. The molecule has 0 aromatic heterocycles. The quantitative estimate of drug-likeness (QED) is 0.418. The topological polar surface area (TPSA) is 124 Å². The van der Waals surface area contributed by atoms with Gasteiger partial charge in [-0.05, 0) is 18.3 Å². The molecule has 3 fully saturated rings. The van der Waals surface area contributed by atoms with Crippen molar-refractivity contribution in [3.05, 3.63) is 0 Å². The number of esters is 1. The van der Waals surface area contributed by atoms with E-state index in [1.165, 1.54) is 0 Å². The number of hydrogen-bond donors (Lipinski definition) is 1. The maximum atomic E-state index is 13.2. The molecule has 0 aromatic rings. The lowest BCUT2D eigenvalue weighted by Gasteiger charge is -2.32. The van der Waals surface area contributed by atoms with Crippen LogP contribution in [0.4, 0.5) is 8.78 Å². The van der Waals surface area contributed by atoms with E-state index in [2.05, 4.69) is 4.74 Å². The van der Waals surface area contributed by atoms with E-state index in [0.717, 1.165) is 0 Å². The van der Waals surface area contributed by atoms with E-state index in [9.17, 15) is 30.4 Å². The molecule has 0 aromatic carbocycles. The van der Waals surface area contributed by atoms with Crippen molar-refractivity contribution in [3.63, 3.8) is 0 Å². The molecular weight excluding hydrogens is 362 g/mol. The summed E-state index contributed by atoms with van der Waals surface area (Å²) < 4.78 is 88.7. The number of carbonyl (C=O) groups excluding carboxylic acids is 1. The Labute approximate surface area is 131 Å². The Balaban J connectivity index is 1.75. The first kappa shape index (κ1) is 17.0. The van der Waals surface area contributed by atoms with Crippen molar-refractivity contribution in [1.29, 1.82) is 0 Å². The van der Waals surface area contributed by atoms with Crippen LogP contribution in [0, 0.1) is 17.3 Å². The summed E-state index contributed by atoms with van der Waals surface area (Å²) in [4.78, 5) is 11.2. The van der Waals surface area contributed by atoms with Gasteiger partial charge in [0.05, 0.1) is 18.0 Å². The highest BCUT2D eigenvalue weighted by Gasteiger charge is 2.69. The molecule has 1 aliphatic heterocycles. The summed E-state index contributed by atoms with van der Waals surface area (Å²) >= 11 is 0. The molecule has 1 N–H and O–H groups in total. The van der Waals surface area contributed by atoms with Crippen molar-refractivity contribution in [3.8, 4) is 0 Å². The van der Waals surface area contributed by atoms with Crippen LogP contribution in [0.25, 0.3) is 0 Å². The predicted molar refractivity (Wildman–Crippen MR) is 69.4 cm³/mol. The highest BCUT2D eigenvalue weighted by molar-refractivity contribution is 7.88. The molecule has 2 aliphatic carbocycles. The van der Waals surface area contributed by atoms with E-state index in [0.29, 0.717) is 6.42 Å². The molecule has 0 amide bonds. The largest absolute Gasteiger partial charge is 0.465 e. The Morgan fingerprint density at radius 2 is 2.04 bits per heavy atom. The first-order valence-electron chi connectivity index (χ1n) is 6.74. The Morgan fingerprint density at radius 3 is 2.61 bits per heavy atom. The number of alkyl halides is 2. The molecule has 2 bridgehead atoms. The van der Waals surface area contributed by atoms with Crippen LogP contribution in [0.15, 0.2) is 0 Å². The van der Waals surface area contributed by atoms with Crippen LogP contribution in [0.5, 0.6) is 0 Å². The van der Waals surface area contributed by atoms with E-state index < -0.39 is 60.8 Å². The van der Waals surface area contributed by atoms with Gasteiger partial charge in [-0.1, -0.05) is 6.92 Å². The van der Waals surface area contributed by atoms with E-state index in [1.54, 1.807) is 6.92 Å². The molecule has 0 spiro atoms. The summed E-state index contributed by atoms with van der Waals surface area (Å²) in [6, 6.07) is 0. The van der Waals surface area contributed by atoms with E-state index in [1.807, 2.05) is 0 Å². The van der Waals surface area contributed by atoms with Crippen molar-refractivity contribution in [2.75, 3.05) is 6.61 Å². The average Bonchev–Trinajstić information content (AvgIpc) is 2.91. The Bertz CT molecular complexity index is 761. The van der Waals surface area contributed by atoms with Gasteiger partial charge >= 0.3 is 21.3 Å². The van der Waals surface area contributed by atoms with Gasteiger partial charge in [0.2, 0.25) is 0 Å². The van der Waals surface area contributed by atoms with Gasteiger partial charge in [-0.2, -0.15) is 25.6 Å². The lowest BCUT2D eigenvalue weighted by atomic mass is 9.76. The molecule has 3 aliphatic rings. The molecule has 8 nitrogen and oxygen atoms in total. The van der Waals surface area contributed by atoms with E-state index in [-0.39, 0.29) is 12.3 Å². The van der Waals surface area contributed by atoms with Crippen LogP contribution < -0.4 is 0 Å². The van der Waals surface area contributed by atoms with E-state index in [4.69, 9.17) is 8.74 Å². The van der Waals surface area contributed by atoms with Crippen LogP contribution in [-0.2, 0) is 34.0 Å². The molecular formula is C11H14F2O8S2. The van der Waals surface area contributed by atoms with Crippen LogP contribution in [0.3, 0.4) is 0 Å². The van der Waals surface area contributed by atoms with Gasteiger partial charge in [0, 0.05) is 11.8 Å². The van der Waals surface area contributed by atoms with E-state index >= 15 is 0 Å². The van der Waals surface area contributed by atoms with Crippen molar-refractivity contribution in [2.45, 2.75) is 36.4 Å². The van der Waals surface area contributed by atoms with Gasteiger partial charge in [0.25, 0.3) is 10.1 Å². The number of ether oxygens (including phenoxy) is 1. The molecule has 2 saturated carbocycles. The van der Waals surface area contributed by atoms with Gasteiger partial charge in [-0.25, -0.2) is 4.79 Å². The second-order valence-corrected chi connectivity index (χ2v) is 9.76. The standard InChI is InChI=1S/C11H14F2O8S2/c1-10-2-5-7(3-10)22(15,16)21-8(5)6(10)4-20-9(14)11(12,13)23(17,18)19/h5-8H,2-4H2,1H3,(H,17,18,19). The number of hydrogen-bond acceptors (Lipinski definition) is 7. The minimum absolute atomic E-state index is 0.271. The molecule has 5 unspecified atom stereocenters. The molecule has 3 rings (SSSR count). The molecule has 1 heterocycles. The second-order valence-electron chi connectivity index (χ2n) is 6.52. The minimum atomic E-state index is -5.94. The highest BCUT2D eigenvalue weighted by Crippen LogP contribution is 2.64. The molecule has 1 saturated heterocycles. The number of rotatable bonds is 4. The van der Waals surface area contributed by atoms with Gasteiger partial charge in [0.1, 0.15) is 0 Å². The Morgan fingerprint density at radius 1 is 1.43 bits per heavy atom. The number of carbonyl (C=O) groups is 1. The third-order valence-corrected chi connectivity index (χ3v) is 7.70. The number of halogens is 2. The zero-order chi connectivity index (χ0) is 17.4. The molecule has 132 valence electrons. The fraction of sp³-hybridized carbons (Fsp3) is 0.909. The van der Waals surface area contributed by atoms with Crippen LogP contribution >= 0.6 is 0 Å². The lowest BCUT2D eigenvalue weighted by Crippen LogP contribution is -2.42. The molecule has 0 radical (unpaired) electrons. The fourth-order valence-corrected chi connectivity index (χ4v) is 6.28. The highest BCUT2D eigenvalue weighted by atomic mass is 32.2. The minimum Gasteiger partial charge on any atom is -0.460 e. The maximum Gasteiger partial charge on any atom is 0.465 e. The average molecular weight is 376 g/mol. The van der Waals surface area contributed by atoms with Crippen LogP contribution in [-0.4, -0.2) is 50.6 Å². The van der Waals surface area contributed by atoms with Gasteiger partial charge < -0.3 is 4.74 Å². The predicted octanol–water partition coefficient (Wildman–Crippen LogP) is 0.153. The number of fused-ring (bicyclic) bond motifs is 1. The van der Waals surface area contributed by atoms with Crippen molar-refractivity contribution < 1.29 is 43.9 Å². The summed E-state index contributed by atoms with van der Waals surface area (Å²) in [5.74, 6) is -3.32. The van der Waals surface area contributed by atoms with Crippen molar-refractivity contribution >= 4 is 26.2 Å². The molecule has 5 atom stereocenters. The first-order chi connectivity index (χ1) is 10.3. The first-order valence-corrected chi connectivity index (χ1v) is 9.65. The Hall–Kier alpha value is -0.850. The van der Waals surface area contributed by atoms with Gasteiger partial charge in [0.15, 0.2) is 0 Å². The SMILES string of the molecule is CC12CC3C(OS(=O)(=O)C3C1)C2COC(=O)C(F)(F)S(=O)(=O)O. The fourth-order valence-electron chi connectivity index (χ4n) is 4.02.